The van der Waals surface area contributed by atoms with Crippen LogP contribution in [0, 0.1) is 6.92 Å². The molecule has 0 saturated carbocycles. The summed E-state index contributed by atoms with van der Waals surface area (Å²) in [5.74, 6) is 2.27. The first-order valence-corrected chi connectivity index (χ1v) is 10.0. The molecule has 5 N–H and O–H groups in total. The number of nitrogen functional groups attached to an aromatic ring is 2. The summed E-state index contributed by atoms with van der Waals surface area (Å²) in [6, 6.07) is 9.38. The molecular weight excluding hydrogens is 422 g/mol. The van der Waals surface area contributed by atoms with Crippen LogP contribution in [0.15, 0.2) is 49.1 Å². The highest BCUT2D eigenvalue weighted by molar-refractivity contribution is 5.92. The number of benzene rings is 2. The van der Waals surface area contributed by atoms with Gasteiger partial charge in [-0.25, -0.2) is 15.0 Å². The molecule has 2 aromatic carbocycles. The second-order valence-electron chi connectivity index (χ2n) is 6.88. The van der Waals surface area contributed by atoms with Crippen LogP contribution in [0.5, 0.6) is 17.2 Å². The van der Waals surface area contributed by atoms with Gasteiger partial charge in [0.2, 0.25) is 11.7 Å². The first kappa shape index (κ1) is 23.3. The van der Waals surface area contributed by atoms with Crippen molar-refractivity contribution >= 4 is 28.4 Å². The normalized spacial score (nSPS) is 10.2. The third-order valence-corrected chi connectivity index (χ3v) is 4.91. The van der Waals surface area contributed by atoms with Crippen LogP contribution < -0.4 is 31.0 Å². The number of nitrogens with zero attached hydrogens (tertiary/aromatic N) is 4. The molecule has 2 aromatic heterocycles. The maximum atomic E-state index is 6.04. The standard InChI is InChI=1S/C19H23N5O3.C4H4N2/c1-10-11(5-6-13-16(10)18(20)24-19(21)23-13)9-22-12-7-14(25-2)17(27-4)15(8-12)26-3;1-2-5-4-6-3-1/h5-8,22H,9H2,1-4H3,(H4,20,21,23,24);1-4H. The average Bonchev–Trinajstić information content (AvgIpc) is 2.83. The minimum Gasteiger partial charge on any atom is -0.493 e. The van der Waals surface area contributed by atoms with Gasteiger partial charge in [0.25, 0.3) is 0 Å². The summed E-state index contributed by atoms with van der Waals surface area (Å²) in [6.07, 6.45) is 4.88. The van der Waals surface area contributed by atoms with Crippen LogP contribution >= 0.6 is 0 Å². The Kier molecular flexibility index (Phi) is 7.64. The number of nitrogens with two attached hydrogens (primary N) is 2. The van der Waals surface area contributed by atoms with Crippen LogP contribution in [0.2, 0.25) is 0 Å². The molecule has 0 aliphatic carbocycles. The summed E-state index contributed by atoms with van der Waals surface area (Å²) in [4.78, 5) is 15.7. The third kappa shape index (κ3) is 5.48. The van der Waals surface area contributed by atoms with E-state index in [9.17, 15) is 0 Å². The highest BCUT2D eigenvalue weighted by atomic mass is 16.5. The van der Waals surface area contributed by atoms with Crippen molar-refractivity contribution in [1.29, 1.82) is 0 Å². The van der Waals surface area contributed by atoms with Gasteiger partial charge in [0.15, 0.2) is 11.5 Å². The van der Waals surface area contributed by atoms with Crippen LogP contribution in [0.3, 0.4) is 0 Å². The Morgan fingerprint density at radius 2 is 1.58 bits per heavy atom. The third-order valence-electron chi connectivity index (χ3n) is 4.91. The van der Waals surface area contributed by atoms with Crippen molar-refractivity contribution < 1.29 is 14.2 Å². The van der Waals surface area contributed by atoms with Crippen molar-refractivity contribution in [3.63, 3.8) is 0 Å². The van der Waals surface area contributed by atoms with E-state index in [1.54, 1.807) is 39.8 Å². The van der Waals surface area contributed by atoms with Crippen LogP contribution in [-0.2, 0) is 6.54 Å². The average molecular weight is 450 g/mol. The smallest absolute Gasteiger partial charge is 0.222 e. The number of methoxy groups -OCH3 is 3. The summed E-state index contributed by atoms with van der Waals surface area (Å²) < 4.78 is 16.1. The predicted octanol–water partition coefficient (Wildman–Crippen LogP) is 3.22. The lowest BCUT2D eigenvalue weighted by molar-refractivity contribution is 0.324. The summed E-state index contributed by atoms with van der Waals surface area (Å²) in [5, 5.41) is 4.19. The lowest BCUT2D eigenvalue weighted by Crippen LogP contribution is -2.06. The predicted molar refractivity (Wildman–Crippen MR) is 129 cm³/mol. The molecule has 0 radical (unpaired) electrons. The van der Waals surface area contributed by atoms with Gasteiger partial charge in [0.05, 0.1) is 26.8 Å². The fourth-order valence-electron chi connectivity index (χ4n) is 3.31. The fourth-order valence-corrected chi connectivity index (χ4v) is 3.31. The van der Waals surface area contributed by atoms with E-state index in [0.717, 1.165) is 27.7 Å². The van der Waals surface area contributed by atoms with Crippen LogP contribution in [0.1, 0.15) is 11.1 Å². The summed E-state index contributed by atoms with van der Waals surface area (Å²) in [7, 11) is 4.75. The minimum atomic E-state index is 0.169. The Bertz CT molecular complexity index is 1170. The van der Waals surface area contributed by atoms with E-state index in [0.29, 0.717) is 29.6 Å². The Morgan fingerprint density at radius 3 is 2.09 bits per heavy atom. The Labute approximate surface area is 192 Å². The van der Waals surface area contributed by atoms with E-state index >= 15 is 0 Å². The molecule has 0 spiro atoms. The molecule has 0 fully saturated rings. The highest BCUT2D eigenvalue weighted by Gasteiger charge is 2.14. The van der Waals surface area contributed by atoms with Gasteiger partial charge in [0, 0.05) is 42.1 Å². The fraction of sp³-hybridized carbons (Fsp3) is 0.217. The van der Waals surface area contributed by atoms with Crippen LogP contribution in [0.25, 0.3) is 10.9 Å². The lowest BCUT2D eigenvalue weighted by Gasteiger charge is -2.16. The maximum absolute atomic E-state index is 6.04. The number of aryl methyl sites for hydroxylation is 1. The van der Waals surface area contributed by atoms with E-state index < -0.39 is 0 Å². The van der Waals surface area contributed by atoms with Gasteiger partial charge in [-0.05, 0) is 30.2 Å². The van der Waals surface area contributed by atoms with Crippen molar-refractivity contribution in [2.45, 2.75) is 13.5 Å². The van der Waals surface area contributed by atoms with E-state index in [-0.39, 0.29) is 5.95 Å². The van der Waals surface area contributed by atoms with E-state index in [4.69, 9.17) is 25.7 Å². The Balaban J connectivity index is 0.000000442. The molecule has 4 aromatic rings. The second-order valence-corrected chi connectivity index (χ2v) is 6.88. The van der Waals surface area contributed by atoms with Crippen molar-refractivity contribution in [1.82, 2.24) is 19.9 Å². The molecule has 10 heteroatoms. The molecular formula is C23H27N7O3. The molecule has 2 heterocycles. The summed E-state index contributed by atoms with van der Waals surface area (Å²) in [6.45, 7) is 2.56. The molecule has 0 aliphatic heterocycles. The number of fused-ring (bicyclic) bond motifs is 1. The molecule has 172 valence electrons. The van der Waals surface area contributed by atoms with Gasteiger partial charge in [0.1, 0.15) is 12.1 Å². The van der Waals surface area contributed by atoms with Gasteiger partial charge in [-0.1, -0.05) is 6.07 Å². The van der Waals surface area contributed by atoms with Crippen LogP contribution in [0.4, 0.5) is 17.5 Å². The first-order chi connectivity index (χ1) is 16.0. The zero-order valence-corrected chi connectivity index (χ0v) is 19.0. The van der Waals surface area contributed by atoms with E-state index in [1.807, 2.05) is 31.2 Å². The number of ether oxygens (including phenoxy) is 3. The number of hydrogen-bond donors (Lipinski definition) is 3. The monoisotopic (exact) mass is 449 g/mol. The minimum absolute atomic E-state index is 0.169. The SMILES string of the molecule is COc1cc(NCc2ccc3nc(N)nc(N)c3c2C)cc(OC)c1OC.c1cncnc1. The van der Waals surface area contributed by atoms with E-state index in [2.05, 4.69) is 25.3 Å². The zero-order chi connectivity index (χ0) is 23.8. The maximum Gasteiger partial charge on any atom is 0.222 e. The van der Waals surface area contributed by atoms with Gasteiger partial charge < -0.3 is 31.0 Å². The highest BCUT2D eigenvalue weighted by Crippen LogP contribution is 2.40. The molecule has 0 unspecified atom stereocenters. The molecule has 4 rings (SSSR count). The number of aromatic nitrogens is 4. The molecule has 0 saturated heterocycles. The lowest BCUT2D eigenvalue weighted by atomic mass is 10.0. The number of hydrogen-bond acceptors (Lipinski definition) is 10. The molecule has 0 atom stereocenters. The topological polar surface area (TPSA) is 143 Å². The number of nitrogens with one attached hydrogen (secondary N) is 1. The molecule has 0 amide bonds. The molecule has 10 nitrogen and oxygen atoms in total. The van der Waals surface area contributed by atoms with Crippen molar-refractivity contribution in [3.05, 3.63) is 60.2 Å². The molecule has 0 aliphatic rings. The summed E-state index contributed by atoms with van der Waals surface area (Å²) >= 11 is 0. The van der Waals surface area contributed by atoms with E-state index in [1.165, 1.54) is 6.33 Å². The Morgan fingerprint density at radius 1 is 0.909 bits per heavy atom. The van der Waals surface area contributed by atoms with Crippen molar-refractivity contribution in [2.75, 3.05) is 38.1 Å². The first-order valence-electron chi connectivity index (χ1n) is 10.0. The van der Waals surface area contributed by atoms with Crippen molar-refractivity contribution in [3.8, 4) is 17.2 Å². The van der Waals surface area contributed by atoms with Gasteiger partial charge in [-0.15, -0.1) is 0 Å². The zero-order valence-electron chi connectivity index (χ0n) is 19.0. The van der Waals surface area contributed by atoms with Crippen molar-refractivity contribution in [2.24, 2.45) is 0 Å². The quantitative estimate of drug-likeness (QED) is 0.401. The second kappa shape index (κ2) is 10.8. The van der Waals surface area contributed by atoms with Gasteiger partial charge in [-0.3, -0.25) is 0 Å². The largest absolute Gasteiger partial charge is 0.493 e. The van der Waals surface area contributed by atoms with Gasteiger partial charge >= 0.3 is 0 Å². The Hall–Kier alpha value is -4.34. The van der Waals surface area contributed by atoms with Crippen LogP contribution in [-0.4, -0.2) is 41.3 Å². The number of rotatable bonds is 6. The number of anilines is 3. The molecule has 0 bridgehead atoms. The summed E-state index contributed by atoms with van der Waals surface area (Å²) in [5.41, 5.74) is 15.4. The molecule has 33 heavy (non-hydrogen) atoms. The van der Waals surface area contributed by atoms with Gasteiger partial charge in [-0.2, -0.15) is 4.98 Å².